The van der Waals surface area contributed by atoms with E-state index in [-0.39, 0.29) is 11.8 Å². The SMILES string of the molecule is CCC(C)C(N)C(=O)NCCCc1c(C)nn(C)c1C. The predicted octanol–water partition coefficient (Wildman–Crippen LogP) is 1.46. The molecule has 0 bridgehead atoms. The molecule has 0 spiro atoms. The van der Waals surface area contributed by atoms with Crippen LogP contribution in [-0.2, 0) is 18.3 Å². The highest BCUT2D eigenvalue weighted by molar-refractivity contribution is 5.81. The Kier molecular flexibility index (Phi) is 6.20. The van der Waals surface area contributed by atoms with Crippen LogP contribution in [0, 0.1) is 19.8 Å². The second kappa shape index (κ2) is 7.43. The molecule has 3 N–H and O–H groups in total. The topological polar surface area (TPSA) is 72.9 Å². The van der Waals surface area contributed by atoms with Gasteiger partial charge in [-0.15, -0.1) is 0 Å². The number of aryl methyl sites for hydroxylation is 2. The molecule has 0 saturated heterocycles. The summed E-state index contributed by atoms with van der Waals surface area (Å²) in [5, 5.41) is 7.32. The van der Waals surface area contributed by atoms with Crippen molar-refractivity contribution in [1.29, 1.82) is 0 Å². The highest BCUT2D eigenvalue weighted by Crippen LogP contribution is 2.13. The number of amides is 1. The Hall–Kier alpha value is -1.36. The Morgan fingerprint density at radius 1 is 1.45 bits per heavy atom. The van der Waals surface area contributed by atoms with E-state index in [2.05, 4.69) is 17.3 Å². The number of hydrogen-bond donors (Lipinski definition) is 2. The summed E-state index contributed by atoms with van der Waals surface area (Å²) in [7, 11) is 1.96. The lowest BCUT2D eigenvalue weighted by Gasteiger charge is -2.17. The number of nitrogens with zero attached hydrogens (tertiary/aromatic N) is 2. The molecule has 0 aliphatic heterocycles. The molecule has 0 aliphatic rings. The van der Waals surface area contributed by atoms with Gasteiger partial charge in [0.25, 0.3) is 0 Å². The lowest BCUT2D eigenvalue weighted by molar-refractivity contribution is -0.123. The van der Waals surface area contributed by atoms with E-state index in [4.69, 9.17) is 5.73 Å². The maximum absolute atomic E-state index is 11.8. The summed E-state index contributed by atoms with van der Waals surface area (Å²) in [6.07, 6.45) is 2.76. The second-order valence-corrected chi connectivity index (χ2v) is 5.58. The van der Waals surface area contributed by atoms with Crippen LogP contribution in [0.4, 0.5) is 0 Å². The highest BCUT2D eigenvalue weighted by atomic mass is 16.2. The first-order chi connectivity index (χ1) is 9.38. The van der Waals surface area contributed by atoms with E-state index in [1.807, 2.05) is 32.5 Å². The lowest BCUT2D eigenvalue weighted by Crippen LogP contribution is -2.44. The van der Waals surface area contributed by atoms with Gasteiger partial charge in [0, 0.05) is 19.3 Å². The zero-order valence-electron chi connectivity index (χ0n) is 13.4. The molecule has 20 heavy (non-hydrogen) atoms. The maximum atomic E-state index is 11.8. The standard InChI is InChI=1S/C15H28N4O/c1-6-10(2)14(16)15(20)17-9-7-8-13-11(3)18-19(5)12(13)4/h10,14H,6-9,16H2,1-5H3,(H,17,20). The fourth-order valence-electron chi connectivity index (χ4n) is 2.29. The minimum Gasteiger partial charge on any atom is -0.355 e. The van der Waals surface area contributed by atoms with Crippen molar-refractivity contribution in [3.8, 4) is 0 Å². The van der Waals surface area contributed by atoms with Crippen molar-refractivity contribution < 1.29 is 4.79 Å². The van der Waals surface area contributed by atoms with Crippen molar-refractivity contribution in [2.24, 2.45) is 18.7 Å². The molecule has 1 aromatic heterocycles. The van der Waals surface area contributed by atoms with Crippen LogP contribution >= 0.6 is 0 Å². The summed E-state index contributed by atoms with van der Waals surface area (Å²) in [6.45, 7) is 8.82. The van der Waals surface area contributed by atoms with E-state index in [0.717, 1.165) is 25.0 Å². The molecule has 5 nitrogen and oxygen atoms in total. The van der Waals surface area contributed by atoms with Gasteiger partial charge in [-0.3, -0.25) is 9.48 Å². The molecule has 1 aromatic rings. The van der Waals surface area contributed by atoms with Gasteiger partial charge >= 0.3 is 0 Å². The molecule has 114 valence electrons. The smallest absolute Gasteiger partial charge is 0.237 e. The lowest BCUT2D eigenvalue weighted by atomic mass is 9.99. The molecule has 0 aliphatic carbocycles. The summed E-state index contributed by atoms with van der Waals surface area (Å²) in [6, 6.07) is -0.401. The fourth-order valence-corrected chi connectivity index (χ4v) is 2.29. The van der Waals surface area contributed by atoms with Gasteiger partial charge in [-0.2, -0.15) is 5.10 Å². The minimum absolute atomic E-state index is 0.0426. The Morgan fingerprint density at radius 3 is 2.60 bits per heavy atom. The van der Waals surface area contributed by atoms with Gasteiger partial charge in [0.2, 0.25) is 5.91 Å². The zero-order valence-corrected chi connectivity index (χ0v) is 13.4. The molecule has 0 aromatic carbocycles. The largest absolute Gasteiger partial charge is 0.355 e. The number of carbonyl (C=O) groups is 1. The number of hydrogen-bond acceptors (Lipinski definition) is 3. The third-order valence-electron chi connectivity index (χ3n) is 4.12. The van der Waals surface area contributed by atoms with E-state index in [9.17, 15) is 4.79 Å². The Bertz CT molecular complexity index is 453. The van der Waals surface area contributed by atoms with Crippen molar-refractivity contribution in [1.82, 2.24) is 15.1 Å². The Labute approximate surface area is 121 Å². The van der Waals surface area contributed by atoms with Crippen LogP contribution in [0.25, 0.3) is 0 Å². The summed E-state index contributed by atoms with van der Waals surface area (Å²) in [4.78, 5) is 11.8. The van der Waals surface area contributed by atoms with Crippen molar-refractivity contribution in [2.45, 2.75) is 53.0 Å². The maximum Gasteiger partial charge on any atom is 0.237 e. The van der Waals surface area contributed by atoms with Crippen LogP contribution in [0.5, 0.6) is 0 Å². The quantitative estimate of drug-likeness (QED) is 0.743. The molecule has 0 saturated carbocycles. The molecule has 1 rings (SSSR count). The molecular weight excluding hydrogens is 252 g/mol. The van der Waals surface area contributed by atoms with Crippen LogP contribution in [0.2, 0.25) is 0 Å². The van der Waals surface area contributed by atoms with Crippen molar-refractivity contribution >= 4 is 5.91 Å². The number of carbonyl (C=O) groups excluding carboxylic acids is 1. The van der Waals surface area contributed by atoms with Crippen LogP contribution in [0.3, 0.4) is 0 Å². The van der Waals surface area contributed by atoms with Gasteiger partial charge in [0.05, 0.1) is 11.7 Å². The summed E-state index contributed by atoms with van der Waals surface area (Å²) >= 11 is 0. The van der Waals surface area contributed by atoms with Crippen LogP contribution < -0.4 is 11.1 Å². The summed E-state index contributed by atoms with van der Waals surface area (Å²) in [5.74, 6) is 0.178. The van der Waals surface area contributed by atoms with Gasteiger partial charge in [-0.1, -0.05) is 20.3 Å². The summed E-state index contributed by atoms with van der Waals surface area (Å²) in [5.41, 5.74) is 9.45. The molecule has 1 amide bonds. The van der Waals surface area contributed by atoms with E-state index in [1.54, 1.807) is 0 Å². The molecule has 0 fully saturated rings. The number of nitrogens with two attached hydrogens (primary N) is 1. The Morgan fingerprint density at radius 2 is 2.10 bits per heavy atom. The number of nitrogens with one attached hydrogen (secondary N) is 1. The van der Waals surface area contributed by atoms with Crippen molar-refractivity contribution in [2.75, 3.05) is 6.54 Å². The van der Waals surface area contributed by atoms with Gasteiger partial charge in [0.1, 0.15) is 0 Å². The highest BCUT2D eigenvalue weighted by Gasteiger charge is 2.18. The molecule has 1 heterocycles. The average Bonchev–Trinajstić information content (AvgIpc) is 2.67. The number of aromatic nitrogens is 2. The van der Waals surface area contributed by atoms with Crippen molar-refractivity contribution in [3.63, 3.8) is 0 Å². The van der Waals surface area contributed by atoms with Gasteiger partial charge < -0.3 is 11.1 Å². The van der Waals surface area contributed by atoms with E-state index >= 15 is 0 Å². The molecule has 0 radical (unpaired) electrons. The van der Waals surface area contributed by atoms with E-state index < -0.39 is 6.04 Å². The van der Waals surface area contributed by atoms with Gasteiger partial charge in [0.15, 0.2) is 0 Å². The molecule has 2 unspecified atom stereocenters. The predicted molar refractivity (Wildman–Crippen MR) is 81.4 cm³/mol. The minimum atomic E-state index is -0.401. The molecular formula is C15H28N4O. The Balaban J connectivity index is 2.37. The summed E-state index contributed by atoms with van der Waals surface area (Å²) < 4.78 is 1.90. The number of rotatable bonds is 7. The molecule has 2 atom stereocenters. The van der Waals surface area contributed by atoms with Crippen molar-refractivity contribution in [3.05, 3.63) is 17.0 Å². The fraction of sp³-hybridized carbons (Fsp3) is 0.733. The average molecular weight is 280 g/mol. The van der Waals surface area contributed by atoms with Gasteiger partial charge in [-0.05, 0) is 38.2 Å². The van der Waals surface area contributed by atoms with Gasteiger partial charge in [-0.25, -0.2) is 0 Å². The third-order valence-corrected chi connectivity index (χ3v) is 4.12. The first-order valence-corrected chi connectivity index (χ1v) is 7.40. The molecule has 5 heteroatoms. The zero-order chi connectivity index (χ0) is 15.3. The first kappa shape index (κ1) is 16.7. The van der Waals surface area contributed by atoms with Crippen LogP contribution in [-0.4, -0.2) is 28.3 Å². The first-order valence-electron chi connectivity index (χ1n) is 7.40. The normalized spacial score (nSPS) is 14.1. The van der Waals surface area contributed by atoms with E-state index in [1.165, 1.54) is 11.3 Å². The monoisotopic (exact) mass is 280 g/mol. The van der Waals surface area contributed by atoms with Crippen LogP contribution in [0.1, 0.15) is 43.6 Å². The van der Waals surface area contributed by atoms with Crippen LogP contribution in [0.15, 0.2) is 0 Å². The third kappa shape index (κ3) is 4.07. The van der Waals surface area contributed by atoms with E-state index in [0.29, 0.717) is 6.54 Å². The second-order valence-electron chi connectivity index (χ2n) is 5.58.